The largest absolute Gasteiger partial charge is 0.491 e. The average Bonchev–Trinajstić information content (AvgIpc) is 3.11. The van der Waals surface area contributed by atoms with Crippen molar-refractivity contribution >= 4 is 52.6 Å². The molecule has 0 fully saturated rings. The summed E-state index contributed by atoms with van der Waals surface area (Å²) in [7, 11) is -0.946. The summed E-state index contributed by atoms with van der Waals surface area (Å²) in [6.07, 6.45) is 4.42. The number of Topliss-reactive ketones (excluding diaryl/α,β-unsaturated/α-hetero) is 1. The Balaban J connectivity index is 1.42. The highest BCUT2D eigenvalue weighted by Gasteiger charge is 2.25. The maximum atomic E-state index is 12.9. The molecular weight excluding hydrogens is 434 g/mol. The van der Waals surface area contributed by atoms with E-state index in [1.807, 2.05) is 41.0 Å². The molecule has 5 nitrogen and oxygen atoms in total. The van der Waals surface area contributed by atoms with E-state index in [0.29, 0.717) is 22.2 Å². The summed E-state index contributed by atoms with van der Waals surface area (Å²) in [5, 5.41) is 11.9. The highest BCUT2D eigenvalue weighted by molar-refractivity contribution is 6.60. The van der Waals surface area contributed by atoms with E-state index in [4.69, 9.17) is 27.9 Å². The predicted octanol–water partition coefficient (Wildman–Crippen LogP) is 4.02. The van der Waals surface area contributed by atoms with Gasteiger partial charge in [-0.3, -0.25) is 9.36 Å². The van der Waals surface area contributed by atoms with Gasteiger partial charge in [-0.05, 0) is 53.3 Å². The van der Waals surface area contributed by atoms with Crippen LogP contribution in [0.25, 0.3) is 16.7 Å². The third-order valence-corrected chi connectivity index (χ3v) is 6.15. The van der Waals surface area contributed by atoms with Crippen molar-refractivity contribution in [3.63, 3.8) is 0 Å². The van der Waals surface area contributed by atoms with Crippen LogP contribution in [0, 0.1) is 0 Å². The van der Waals surface area contributed by atoms with Crippen molar-refractivity contribution in [3.05, 3.63) is 87.7 Å². The Labute approximate surface area is 189 Å². The van der Waals surface area contributed by atoms with E-state index in [9.17, 15) is 9.82 Å². The second-order valence-electron chi connectivity index (χ2n) is 7.49. The molecule has 0 saturated heterocycles. The monoisotopic (exact) mass is 450 g/mol. The van der Waals surface area contributed by atoms with Crippen LogP contribution in [0.1, 0.15) is 21.5 Å². The first-order chi connectivity index (χ1) is 15.0. The number of carbonyl (C=O) groups excluding carboxylic acids is 1. The number of rotatable bonds is 4. The van der Waals surface area contributed by atoms with E-state index < -0.39 is 7.12 Å². The fraction of sp³-hybridized carbons (Fsp3) is 0.130. The number of pyridine rings is 1. The van der Waals surface area contributed by atoms with Crippen molar-refractivity contribution < 1.29 is 14.5 Å². The van der Waals surface area contributed by atoms with Crippen LogP contribution in [-0.4, -0.2) is 34.1 Å². The number of halogens is 2. The summed E-state index contributed by atoms with van der Waals surface area (Å²) >= 11 is 12.8. The molecule has 2 aromatic carbocycles. The summed E-state index contributed by atoms with van der Waals surface area (Å²) in [5.74, 6) is -0.101. The first-order valence-corrected chi connectivity index (χ1v) is 10.6. The standard InChI is InChI=1S/C23H17BCl2N2O3/c25-20-12-16(28-13-21(26)18-2-1-8-27-23(18)28)5-6-17(20)22(29)11-14-3-4-15-7-9-31-24(30)19(15)10-14/h1-6,8,10,12-13,30H,7,9,11H2. The van der Waals surface area contributed by atoms with Gasteiger partial charge in [0.1, 0.15) is 5.65 Å². The first kappa shape index (κ1) is 20.3. The smallest absolute Gasteiger partial charge is 0.423 e. The van der Waals surface area contributed by atoms with E-state index in [0.717, 1.165) is 39.7 Å². The molecule has 0 unspecified atom stereocenters. The average molecular weight is 451 g/mol. The fourth-order valence-electron chi connectivity index (χ4n) is 3.96. The van der Waals surface area contributed by atoms with E-state index in [-0.39, 0.29) is 12.2 Å². The van der Waals surface area contributed by atoms with Gasteiger partial charge in [0.05, 0.1) is 10.0 Å². The molecule has 2 aromatic heterocycles. The summed E-state index contributed by atoms with van der Waals surface area (Å²) in [6, 6.07) is 14.7. The third kappa shape index (κ3) is 3.77. The first-order valence-electron chi connectivity index (χ1n) is 9.87. The molecule has 0 saturated carbocycles. The lowest BCUT2D eigenvalue weighted by Gasteiger charge is -2.19. The van der Waals surface area contributed by atoms with Crippen LogP contribution in [0.4, 0.5) is 0 Å². The highest BCUT2D eigenvalue weighted by atomic mass is 35.5. The van der Waals surface area contributed by atoms with Crippen LogP contribution in [0.15, 0.2) is 60.9 Å². The van der Waals surface area contributed by atoms with Gasteiger partial charge in [-0.1, -0.05) is 41.4 Å². The minimum absolute atomic E-state index is 0.101. The SMILES string of the molecule is O=C(Cc1ccc2c(c1)B(O)OCC2)c1ccc(-n2cc(Cl)c3cccnc32)cc1Cl. The molecule has 31 heavy (non-hydrogen) atoms. The zero-order valence-corrected chi connectivity index (χ0v) is 17.9. The number of ketones is 1. The Kier molecular flexibility index (Phi) is 5.32. The number of hydrogen-bond acceptors (Lipinski definition) is 4. The van der Waals surface area contributed by atoms with E-state index in [1.54, 1.807) is 24.5 Å². The quantitative estimate of drug-likeness (QED) is 0.376. The normalized spacial score (nSPS) is 13.5. The maximum Gasteiger partial charge on any atom is 0.491 e. The van der Waals surface area contributed by atoms with Gasteiger partial charge < -0.3 is 9.68 Å². The van der Waals surface area contributed by atoms with Crippen LogP contribution in [-0.2, 0) is 17.5 Å². The Morgan fingerprint density at radius 3 is 2.87 bits per heavy atom. The van der Waals surface area contributed by atoms with Crippen LogP contribution < -0.4 is 5.46 Å². The Hall–Kier alpha value is -2.64. The van der Waals surface area contributed by atoms with Gasteiger partial charge in [0, 0.05) is 42.1 Å². The Bertz CT molecular complexity index is 1320. The zero-order chi connectivity index (χ0) is 21.5. The molecule has 154 valence electrons. The van der Waals surface area contributed by atoms with Crippen molar-refractivity contribution in [2.75, 3.05) is 6.61 Å². The van der Waals surface area contributed by atoms with Gasteiger partial charge in [-0.15, -0.1) is 0 Å². The molecule has 1 N–H and O–H groups in total. The molecule has 0 amide bonds. The summed E-state index contributed by atoms with van der Waals surface area (Å²) in [6.45, 7) is 0.492. The van der Waals surface area contributed by atoms with E-state index in [2.05, 4.69) is 4.98 Å². The topological polar surface area (TPSA) is 64.3 Å². The van der Waals surface area contributed by atoms with Gasteiger partial charge in [0.15, 0.2) is 5.78 Å². The zero-order valence-electron chi connectivity index (χ0n) is 16.4. The Morgan fingerprint density at radius 2 is 2.03 bits per heavy atom. The lowest BCUT2D eigenvalue weighted by molar-refractivity contribution is 0.0993. The molecule has 3 heterocycles. The highest BCUT2D eigenvalue weighted by Crippen LogP contribution is 2.29. The van der Waals surface area contributed by atoms with Gasteiger partial charge in [0.25, 0.3) is 0 Å². The second kappa shape index (κ2) is 8.13. The number of nitrogens with zero attached hydrogens (tertiary/aromatic N) is 2. The molecule has 0 aliphatic carbocycles. The Morgan fingerprint density at radius 1 is 1.16 bits per heavy atom. The molecule has 0 atom stereocenters. The molecule has 1 aliphatic rings. The predicted molar refractivity (Wildman–Crippen MR) is 123 cm³/mol. The minimum Gasteiger partial charge on any atom is -0.423 e. The lowest BCUT2D eigenvalue weighted by atomic mass is 9.73. The van der Waals surface area contributed by atoms with Crippen molar-refractivity contribution in [2.24, 2.45) is 0 Å². The van der Waals surface area contributed by atoms with Gasteiger partial charge in [-0.25, -0.2) is 4.98 Å². The molecule has 1 aliphatic heterocycles. The van der Waals surface area contributed by atoms with Crippen LogP contribution in [0.3, 0.4) is 0 Å². The molecule has 8 heteroatoms. The maximum absolute atomic E-state index is 12.9. The van der Waals surface area contributed by atoms with Gasteiger partial charge >= 0.3 is 7.12 Å². The second-order valence-corrected chi connectivity index (χ2v) is 8.31. The molecule has 0 spiro atoms. The summed E-state index contributed by atoms with van der Waals surface area (Å²) in [4.78, 5) is 17.3. The number of hydrogen-bond donors (Lipinski definition) is 1. The lowest BCUT2D eigenvalue weighted by Crippen LogP contribution is -2.41. The number of aromatic nitrogens is 2. The minimum atomic E-state index is -0.946. The van der Waals surface area contributed by atoms with Crippen molar-refractivity contribution in [2.45, 2.75) is 12.8 Å². The van der Waals surface area contributed by atoms with E-state index >= 15 is 0 Å². The van der Waals surface area contributed by atoms with E-state index in [1.165, 1.54) is 0 Å². The number of fused-ring (bicyclic) bond motifs is 2. The number of benzene rings is 2. The van der Waals surface area contributed by atoms with Gasteiger partial charge in [0.2, 0.25) is 0 Å². The third-order valence-electron chi connectivity index (χ3n) is 5.53. The molecule has 4 aromatic rings. The molecule has 0 radical (unpaired) electrons. The fourth-order valence-corrected chi connectivity index (χ4v) is 4.48. The molecule has 5 rings (SSSR count). The van der Waals surface area contributed by atoms with Crippen molar-refractivity contribution in [1.29, 1.82) is 0 Å². The number of carbonyl (C=O) groups is 1. The molecule has 0 bridgehead atoms. The van der Waals surface area contributed by atoms with Crippen molar-refractivity contribution in [1.82, 2.24) is 9.55 Å². The molecular formula is C23H17BCl2N2O3. The van der Waals surface area contributed by atoms with Crippen LogP contribution >= 0.6 is 23.2 Å². The van der Waals surface area contributed by atoms with Crippen molar-refractivity contribution in [3.8, 4) is 5.69 Å². The summed E-state index contributed by atoms with van der Waals surface area (Å²) in [5.41, 5.74) is 4.50. The van der Waals surface area contributed by atoms with Gasteiger partial charge in [-0.2, -0.15) is 0 Å². The van der Waals surface area contributed by atoms with Crippen LogP contribution in [0.5, 0.6) is 0 Å². The summed E-state index contributed by atoms with van der Waals surface area (Å²) < 4.78 is 7.14. The van der Waals surface area contributed by atoms with Crippen LogP contribution in [0.2, 0.25) is 10.0 Å².